The summed E-state index contributed by atoms with van der Waals surface area (Å²) < 4.78 is 31.3. The van der Waals surface area contributed by atoms with Crippen LogP contribution in [-0.4, -0.2) is 60.9 Å². The summed E-state index contributed by atoms with van der Waals surface area (Å²) in [6.07, 6.45) is 4.40. The minimum Gasteiger partial charge on any atom is -0.379 e. The monoisotopic (exact) mass is 327 g/mol. The van der Waals surface area contributed by atoms with Crippen LogP contribution in [0.5, 0.6) is 0 Å². The highest BCUT2D eigenvalue weighted by Gasteiger charge is 2.27. The second-order valence-electron chi connectivity index (χ2n) is 6.37. The molecule has 1 saturated carbocycles. The Morgan fingerprint density at radius 2 is 2.18 bits per heavy atom. The molecule has 0 bridgehead atoms. The van der Waals surface area contributed by atoms with Gasteiger partial charge in [-0.1, -0.05) is 6.92 Å². The summed E-state index contributed by atoms with van der Waals surface area (Å²) in [6.45, 7) is 5.35. The Morgan fingerprint density at radius 1 is 1.36 bits per heavy atom. The van der Waals surface area contributed by atoms with Crippen molar-refractivity contribution in [2.24, 2.45) is 5.92 Å². The van der Waals surface area contributed by atoms with E-state index in [1.807, 2.05) is 16.9 Å². The summed E-state index contributed by atoms with van der Waals surface area (Å²) in [6, 6.07) is 2.19. The summed E-state index contributed by atoms with van der Waals surface area (Å²) >= 11 is 0. The second-order valence-corrected chi connectivity index (χ2v) is 8.85. The highest BCUT2D eigenvalue weighted by atomic mass is 32.2. The van der Waals surface area contributed by atoms with Gasteiger partial charge in [-0.05, 0) is 24.8 Å². The van der Waals surface area contributed by atoms with Crippen molar-refractivity contribution in [1.82, 2.24) is 14.7 Å². The van der Waals surface area contributed by atoms with E-state index in [1.54, 1.807) is 6.92 Å². The van der Waals surface area contributed by atoms with Gasteiger partial charge >= 0.3 is 0 Å². The van der Waals surface area contributed by atoms with Crippen LogP contribution in [-0.2, 0) is 21.1 Å². The molecule has 0 radical (unpaired) electrons. The van der Waals surface area contributed by atoms with Gasteiger partial charge in [0, 0.05) is 38.2 Å². The molecule has 0 saturated heterocycles. The zero-order valence-corrected chi connectivity index (χ0v) is 14.0. The van der Waals surface area contributed by atoms with Gasteiger partial charge in [-0.2, -0.15) is 5.10 Å². The molecule has 22 heavy (non-hydrogen) atoms. The average Bonchev–Trinajstić information content (AvgIpc) is 3.20. The van der Waals surface area contributed by atoms with E-state index in [1.165, 1.54) is 12.8 Å². The standard InChI is InChI=1S/C15H25N3O3S/c1-2-22(19,20)8-7-17-9-14-5-6-16-18(14)15(10-17)12-21-11-13-3-4-13/h5-6,13,15H,2-4,7-12H2,1H3. The molecule has 7 heteroatoms. The third-order valence-corrected chi connectivity index (χ3v) is 6.16. The molecule has 1 aliphatic heterocycles. The van der Waals surface area contributed by atoms with E-state index in [9.17, 15) is 8.42 Å². The van der Waals surface area contributed by atoms with Crippen LogP contribution < -0.4 is 0 Å². The number of ether oxygens (including phenoxy) is 1. The molecule has 6 nitrogen and oxygen atoms in total. The van der Waals surface area contributed by atoms with Gasteiger partial charge in [0.05, 0.1) is 24.1 Å². The maximum Gasteiger partial charge on any atom is 0.151 e. The minimum atomic E-state index is -2.92. The molecule has 1 aromatic rings. The van der Waals surface area contributed by atoms with Gasteiger partial charge in [-0.25, -0.2) is 8.42 Å². The highest BCUT2D eigenvalue weighted by molar-refractivity contribution is 7.91. The van der Waals surface area contributed by atoms with Crippen LogP contribution in [0.4, 0.5) is 0 Å². The van der Waals surface area contributed by atoms with Crippen molar-refractivity contribution in [3.05, 3.63) is 18.0 Å². The Labute approximate surface area is 132 Å². The highest BCUT2D eigenvalue weighted by Crippen LogP contribution is 2.29. The average molecular weight is 327 g/mol. The summed E-state index contributed by atoms with van der Waals surface area (Å²) in [4.78, 5) is 2.20. The van der Waals surface area contributed by atoms with Crippen LogP contribution in [0.1, 0.15) is 31.5 Å². The molecule has 124 valence electrons. The Kier molecular flexibility index (Phi) is 4.84. The van der Waals surface area contributed by atoms with Crippen LogP contribution in [0.3, 0.4) is 0 Å². The number of sulfone groups is 1. The van der Waals surface area contributed by atoms with Gasteiger partial charge in [-0.15, -0.1) is 0 Å². The van der Waals surface area contributed by atoms with Crippen molar-refractivity contribution in [2.75, 3.05) is 37.8 Å². The van der Waals surface area contributed by atoms with Crippen LogP contribution in [0.15, 0.2) is 12.3 Å². The van der Waals surface area contributed by atoms with Crippen LogP contribution >= 0.6 is 0 Å². The fraction of sp³-hybridized carbons (Fsp3) is 0.800. The van der Waals surface area contributed by atoms with Crippen molar-refractivity contribution in [3.63, 3.8) is 0 Å². The van der Waals surface area contributed by atoms with Gasteiger partial charge in [0.2, 0.25) is 0 Å². The van der Waals surface area contributed by atoms with Gasteiger partial charge in [0.15, 0.2) is 9.84 Å². The maximum atomic E-state index is 11.7. The number of rotatable bonds is 8. The largest absolute Gasteiger partial charge is 0.379 e. The molecule has 0 N–H and O–H groups in total. The zero-order valence-electron chi connectivity index (χ0n) is 13.1. The lowest BCUT2D eigenvalue weighted by Crippen LogP contribution is -2.41. The summed E-state index contributed by atoms with van der Waals surface area (Å²) in [7, 11) is -2.92. The first-order chi connectivity index (χ1) is 10.6. The van der Waals surface area contributed by atoms with E-state index in [0.717, 1.165) is 31.3 Å². The van der Waals surface area contributed by atoms with E-state index in [2.05, 4.69) is 10.00 Å². The molecular weight excluding hydrogens is 302 g/mol. The van der Waals surface area contributed by atoms with Crippen molar-refractivity contribution in [3.8, 4) is 0 Å². The van der Waals surface area contributed by atoms with E-state index in [0.29, 0.717) is 13.2 Å². The zero-order chi connectivity index (χ0) is 15.6. The molecule has 0 spiro atoms. The van der Waals surface area contributed by atoms with E-state index in [-0.39, 0.29) is 17.5 Å². The molecule has 0 amide bonds. The molecule has 3 rings (SSSR count). The topological polar surface area (TPSA) is 64.4 Å². The van der Waals surface area contributed by atoms with Crippen molar-refractivity contribution in [1.29, 1.82) is 0 Å². The number of hydrogen-bond donors (Lipinski definition) is 0. The maximum absolute atomic E-state index is 11.7. The van der Waals surface area contributed by atoms with Gasteiger partial charge in [0.1, 0.15) is 0 Å². The number of aromatic nitrogens is 2. The summed E-state index contributed by atoms with van der Waals surface area (Å²) in [5, 5.41) is 4.40. The minimum absolute atomic E-state index is 0.182. The van der Waals surface area contributed by atoms with Crippen LogP contribution in [0.25, 0.3) is 0 Å². The van der Waals surface area contributed by atoms with E-state index >= 15 is 0 Å². The first-order valence-corrected chi connectivity index (χ1v) is 9.92. The Morgan fingerprint density at radius 3 is 2.91 bits per heavy atom. The predicted octanol–water partition coefficient (Wildman–Crippen LogP) is 1.10. The van der Waals surface area contributed by atoms with Gasteiger partial charge in [-0.3, -0.25) is 9.58 Å². The molecule has 1 aromatic heterocycles. The van der Waals surface area contributed by atoms with E-state index < -0.39 is 9.84 Å². The van der Waals surface area contributed by atoms with Gasteiger partial charge in [0.25, 0.3) is 0 Å². The van der Waals surface area contributed by atoms with Crippen LogP contribution in [0.2, 0.25) is 0 Å². The first-order valence-electron chi connectivity index (χ1n) is 8.10. The van der Waals surface area contributed by atoms with Crippen LogP contribution in [0, 0.1) is 5.92 Å². The summed E-state index contributed by atoms with van der Waals surface area (Å²) in [5.74, 6) is 1.20. The molecule has 1 atom stereocenters. The molecule has 1 unspecified atom stereocenters. The second kappa shape index (κ2) is 6.68. The third-order valence-electron chi connectivity index (χ3n) is 4.47. The van der Waals surface area contributed by atoms with E-state index in [4.69, 9.17) is 4.74 Å². The quantitative estimate of drug-likeness (QED) is 0.715. The lowest BCUT2D eigenvalue weighted by Gasteiger charge is -2.33. The molecular formula is C15H25N3O3S. The number of fused-ring (bicyclic) bond motifs is 1. The smallest absolute Gasteiger partial charge is 0.151 e. The third kappa shape index (κ3) is 4.08. The Bertz CT molecular complexity index is 595. The fourth-order valence-electron chi connectivity index (χ4n) is 2.83. The normalized spacial score (nSPS) is 22.7. The Hall–Kier alpha value is -0.920. The molecule has 1 fully saturated rings. The lowest BCUT2D eigenvalue weighted by molar-refractivity contribution is 0.0605. The van der Waals surface area contributed by atoms with Crippen molar-refractivity contribution < 1.29 is 13.2 Å². The predicted molar refractivity (Wildman–Crippen MR) is 84.4 cm³/mol. The number of hydrogen-bond acceptors (Lipinski definition) is 5. The molecule has 0 aromatic carbocycles. The SMILES string of the molecule is CCS(=O)(=O)CCN1Cc2ccnn2C(COCC2CC2)C1. The van der Waals surface area contributed by atoms with Gasteiger partial charge < -0.3 is 4.74 Å². The van der Waals surface area contributed by atoms with Crippen molar-refractivity contribution in [2.45, 2.75) is 32.4 Å². The molecule has 1 aliphatic carbocycles. The molecule has 2 aliphatic rings. The Balaban J connectivity index is 1.58. The molecule has 2 heterocycles. The van der Waals surface area contributed by atoms with Crippen molar-refractivity contribution >= 4 is 9.84 Å². The fourth-order valence-corrected chi connectivity index (χ4v) is 3.65. The lowest BCUT2D eigenvalue weighted by atomic mass is 10.2. The number of nitrogens with zero attached hydrogens (tertiary/aromatic N) is 3. The summed E-state index contributed by atoms with van der Waals surface area (Å²) in [5.41, 5.74) is 1.14. The first kappa shape index (κ1) is 16.0.